The Kier molecular flexibility index (Phi) is 6.28. The summed E-state index contributed by atoms with van der Waals surface area (Å²) in [6.45, 7) is 5.27. The molecule has 0 aromatic heterocycles. The van der Waals surface area contributed by atoms with Crippen molar-refractivity contribution in [2.45, 2.75) is 38.6 Å². The lowest BCUT2D eigenvalue weighted by atomic mass is 10.1. The lowest BCUT2D eigenvalue weighted by Crippen LogP contribution is -2.48. The van der Waals surface area contributed by atoms with Crippen molar-refractivity contribution in [2.75, 3.05) is 32.8 Å². The number of ether oxygens (including phenoxy) is 1. The molecule has 0 saturated carbocycles. The molecule has 2 aliphatic rings. The topological polar surface area (TPSA) is 61.9 Å². The van der Waals surface area contributed by atoms with Gasteiger partial charge in [0.25, 0.3) is 0 Å². The third-order valence-electron chi connectivity index (χ3n) is 4.78. The van der Waals surface area contributed by atoms with Crippen molar-refractivity contribution in [1.82, 2.24) is 15.1 Å². The summed E-state index contributed by atoms with van der Waals surface area (Å²) in [6, 6.07) is 7.54. The minimum absolute atomic E-state index is 0.199. The predicted molar refractivity (Wildman–Crippen MR) is 95.4 cm³/mol. The Hall–Kier alpha value is -2.08. The molecular weight excluding hydrogens is 318 g/mol. The summed E-state index contributed by atoms with van der Waals surface area (Å²) in [6.07, 6.45) is 5.43. The zero-order valence-corrected chi connectivity index (χ0v) is 14.7. The number of urea groups is 1. The fraction of sp³-hybridized carbons (Fsp3) is 0.579. The van der Waals surface area contributed by atoms with Gasteiger partial charge in [0.1, 0.15) is 5.75 Å². The summed E-state index contributed by atoms with van der Waals surface area (Å²) in [5, 5.41) is 2.34. The first-order chi connectivity index (χ1) is 12.2. The number of piperidine rings is 1. The standard InChI is InChI=1S/C19H27N3O3/c23-18-9-13-22(19(24)20-18)15-16-5-7-17(8-6-16)25-14-4-12-21-10-2-1-3-11-21/h5-8H,1-4,9-15H2,(H,20,23,24). The van der Waals surface area contributed by atoms with Gasteiger partial charge in [0.15, 0.2) is 0 Å². The highest BCUT2D eigenvalue weighted by atomic mass is 16.5. The second-order valence-corrected chi connectivity index (χ2v) is 6.77. The Morgan fingerprint density at radius 3 is 2.48 bits per heavy atom. The Labute approximate surface area is 149 Å². The number of carbonyl (C=O) groups excluding carboxylic acids is 2. The minimum atomic E-state index is -0.311. The van der Waals surface area contributed by atoms with Crippen LogP contribution < -0.4 is 10.1 Å². The van der Waals surface area contributed by atoms with Gasteiger partial charge in [-0.05, 0) is 50.0 Å². The summed E-state index contributed by atoms with van der Waals surface area (Å²) in [4.78, 5) is 27.1. The summed E-state index contributed by atoms with van der Waals surface area (Å²) >= 11 is 0. The van der Waals surface area contributed by atoms with Crippen LogP contribution in [0.15, 0.2) is 24.3 Å². The van der Waals surface area contributed by atoms with Crippen LogP contribution in [-0.2, 0) is 11.3 Å². The quantitative estimate of drug-likeness (QED) is 0.771. The highest BCUT2D eigenvalue weighted by Gasteiger charge is 2.22. The average Bonchev–Trinajstić information content (AvgIpc) is 2.63. The lowest BCUT2D eigenvalue weighted by molar-refractivity contribution is -0.121. The first-order valence-corrected chi connectivity index (χ1v) is 9.23. The molecule has 136 valence electrons. The van der Waals surface area contributed by atoms with Crippen molar-refractivity contribution in [1.29, 1.82) is 0 Å². The Bertz CT molecular complexity index is 582. The van der Waals surface area contributed by atoms with Crippen LogP contribution >= 0.6 is 0 Å². The number of carbonyl (C=O) groups is 2. The molecule has 1 aromatic rings. The highest BCUT2D eigenvalue weighted by molar-refractivity contribution is 5.96. The summed E-state index contributed by atoms with van der Waals surface area (Å²) in [7, 11) is 0. The number of hydrogen-bond donors (Lipinski definition) is 1. The van der Waals surface area contributed by atoms with Gasteiger partial charge in [0, 0.05) is 26.1 Å². The Morgan fingerprint density at radius 1 is 1.00 bits per heavy atom. The number of amides is 3. The number of benzene rings is 1. The first kappa shape index (κ1) is 17.7. The van der Waals surface area contributed by atoms with Gasteiger partial charge in [-0.2, -0.15) is 0 Å². The van der Waals surface area contributed by atoms with E-state index in [1.54, 1.807) is 4.90 Å². The molecule has 1 N–H and O–H groups in total. The van der Waals surface area contributed by atoms with Gasteiger partial charge in [-0.1, -0.05) is 18.6 Å². The normalized spacial score (nSPS) is 19.0. The second-order valence-electron chi connectivity index (χ2n) is 6.77. The third-order valence-corrected chi connectivity index (χ3v) is 4.78. The number of nitrogens with zero attached hydrogens (tertiary/aromatic N) is 2. The zero-order chi connectivity index (χ0) is 17.5. The van der Waals surface area contributed by atoms with Crippen molar-refractivity contribution in [2.24, 2.45) is 0 Å². The molecule has 0 spiro atoms. The predicted octanol–water partition coefficient (Wildman–Crippen LogP) is 2.38. The van der Waals surface area contributed by atoms with Crippen LogP contribution in [0.5, 0.6) is 5.75 Å². The molecule has 0 aliphatic carbocycles. The summed E-state index contributed by atoms with van der Waals surface area (Å²) in [5.41, 5.74) is 1.03. The molecule has 2 aliphatic heterocycles. The molecule has 2 saturated heterocycles. The number of likely N-dealkylation sites (tertiary alicyclic amines) is 1. The molecule has 0 radical (unpaired) electrons. The van der Waals surface area contributed by atoms with Gasteiger partial charge in [0.05, 0.1) is 6.61 Å². The van der Waals surface area contributed by atoms with E-state index in [2.05, 4.69) is 10.2 Å². The zero-order valence-electron chi connectivity index (χ0n) is 14.7. The number of imide groups is 1. The molecule has 3 rings (SSSR count). The van der Waals surface area contributed by atoms with Crippen molar-refractivity contribution in [3.8, 4) is 5.75 Å². The van der Waals surface area contributed by atoms with Crippen molar-refractivity contribution in [3.63, 3.8) is 0 Å². The van der Waals surface area contributed by atoms with Crippen molar-refractivity contribution >= 4 is 11.9 Å². The van der Waals surface area contributed by atoms with Crippen LogP contribution in [0.4, 0.5) is 4.79 Å². The summed E-state index contributed by atoms with van der Waals surface area (Å²) in [5.74, 6) is 0.662. The van der Waals surface area contributed by atoms with E-state index in [1.807, 2.05) is 24.3 Å². The van der Waals surface area contributed by atoms with Crippen LogP contribution in [0, 0.1) is 0 Å². The molecule has 25 heavy (non-hydrogen) atoms. The summed E-state index contributed by atoms with van der Waals surface area (Å²) < 4.78 is 5.81. The maximum atomic E-state index is 11.7. The Balaban J connectivity index is 1.38. The average molecular weight is 345 g/mol. The molecule has 3 amide bonds. The molecular formula is C19H27N3O3. The molecule has 0 atom stereocenters. The van der Waals surface area contributed by atoms with E-state index in [1.165, 1.54) is 32.4 Å². The highest BCUT2D eigenvalue weighted by Crippen LogP contribution is 2.15. The van der Waals surface area contributed by atoms with Crippen LogP contribution in [0.1, 0.15) is 37.7 Å². The SMILES string of the molecule is O=C1CCN(Cc2ccc(OCCCN3CCCCC3)cc2)C(=O)N1. The maximum absolute atomic E-state index is 11.7. The second kappa shape index (κ2) is 8.85. The van der Waals surface area contributed by atoms with Gasteiger partial charge in [-0.25, -0.2) is 4.79 Å². The van der Waals surface area contributed by atoms with Crippen LogP contribution in [0.25, 0.3) is 0 Å². The Morgan fingerprint density at radius 2 is 1.76 bits per heavy atom. The van der Waals surface area contributed by atoms with E-state index in [0.717, 1.165) is 30.9 Å². The maximum Gasteiger partial charge on any atom is 0.324 e. The monoisotopic (exact) mass is 345 g/mol. The lowest BCUT2D eigenvalue weighted by Gasteiger charge is -2.26. The van der Waals surface area contributed by atoms with Crippen molar-refractivity contribution in [3.05, 3.63) is 29.8 Å². The third kappa shape index (κ3) is 5.46. The molecule has 2 fully saturated rings. The smallest absolute Gasteiger partial charge is 0.324 e. The van der Waals surface area contributed by atoms with E-state index in [4.69, 9.17) is 4.74 Å². The van der Waals surface area contributed by atoms with Gasteiger partial charge in [0.2, 0.25) is 5.91 Å². The fourth-order valence-electron chi connectivity index (χ4n) is 3.32. The molecule has 1 aromatic carbocycles. The molecule has 2 heterocycles. The van der Waals surface area contributed by atoms with E-state index >= 15 is 0 Å². The molecule has 6 heteroatoms. The van der Waals surface area contributed by atoms with Gasteiger partial charge >= 0.3 is 6.03 Å². The largest absolute Gasteiger partial charge is 0.494 e. The molecule has 0 unspecified atom stereocenters. The van der Waals surface area contributed by atoms with E-state index in [-0.39, 0.29) is 11.9 Å². The van der Waals surface area contributed by atoms with Crippen LogP contribution in [-0.4, -0.2) is 54.5 Å². The number of rotatable bonds is 7. The van der Waals surface area contributed by atoms with E-state index in [0.29, 0.717) is 19.5 Å². The van der Waals surface area contributed by atoms with E-state index in [9.17, 15) is 9.59 Å². The number of nitrogens with one attached hydrogen (secondary N) is 1. The minimum Gasteiger partial charge on any atom is -0.494 e. The molecule has 0 bridgehead atoms. The number of hydrogen-bond acceptors (Lipinski definition) is 4. The van der Waals surface area contributed by atoms with Crippen LogP contribution in [0.2, 0.25) is 0 Å². The van der Waals surface area contributed by atoms with Gasteiger partial charge in [-0.3, -0.25) is 10.1 Å². The van der Waals surface area contributed by atoms with Crippen molar-refractivity contribution < 1.29 is 14.3 Å². The van der Waals surface area contributed by atoms with Crippen LogP contribution in [0.3, 0.4) is 0 Å². The first-order valence-electron chi connectivity index (χ1n) is 9.23. The van der Waals surface area contributed by atoms with E-state index < -0.39 is 0 Å². The van der Waals surface area contributed by atoms with Gasteiger partial charge < -0.3 is 14.5 Å². The van der Waals surface area contributed by atoms with Gasteiger partial charge in [-0.15, -0.1) is 0 Å². The molecule has 6 nitrogen and oxygen atoms in total. The fourth-order valence-corrected chi connectivity index (χ4v) is 3.32.